The summed E-state index contributed by atoms with van der Waals surface area (Å²) in [4.78, 5) is 4.16. The van der Waals surface area contributed by atoms with Crippen LogP contribution in [0.25, 0.3) is 0 Å². The summed E-state index contributed by atoms with van der Waals surface area (Å²) in [6.45, 7) is 4.19. The number of aromatic nitrogens is 2. The molecule has 1 aliphatic carbocycles. The Bertz CT molecular complexity index is 567. The van der Waals surface area contributed by atoms with E-state index in [9.17, 15) is 5.11 Å². The van der Waals surface area contributed by atoms with Crippen molar-refractivity contribution in [2.24, 2.45) is 0 Å². The van der Waals surface area contributed by atoms with E-state index in [1.165, 1.54) is 24.8 Å². The monoisotopic (exact) mass is 270 g/mol. The summed E-state index contributed by atoms with van der Waals surface area (Å²) in [5, 5.41) is 10.6. The highest BCUT2D eigenvalue weighted by molar-refractivity contribution is 5.31. The van der Waals surface area contributed by atoms with E-state index in [0.717, 1.165) is 17.2 Å². The van der Waals surface area contributed by atoms with Crippen LogP contribution in [0.1, 0.15) is 68.0 Å². The van der Waals surface area contributed by atoms with Gasteiger partial charge in [0.1, 0.15) is 6.10 Å². The molecule has 1 fully saturated rings. The lowest BCUT2D eigenvalue weighted by Crippen LogP contribution is -2.11. The maximum atomic E-state index is 10.6. The largest absolute Gasteiger partial charge is 0.382 e. The molecule has 3 rings (SSSR count). The first kappa shape index (κ1) is 13.4. The van der Waals surface area contributed by atoms with Gasteiger partial charge in [-0.05, 0) is 43.7 Å². The molecule has 1 saturated carbocycles. The average molecular weight is 270 g/mol. The maximum absolute atomic E-state index is 10.6. The standard InChI is InChI=1S/C17H22N2O/c1-12(2)19-11-18-10-16(19)17(20)15-8-6-14(7-9-15)13-4-3-5-13/h6-13,17,20H,3-5H2,1-2H3. The molecule has 0 saturated heterocycles. The van der Waals surface area contributed by atoms with Gasteiger partial charge in [0.25, 0.3) is 0 Å². The third kappa shape index (κ3) is 2.38. The molecule has 3 nitrogen and oxygen atoms in total. The van der Waals surface area contributed by atoms with Gasteiger partial charge in [-0.2, -0.15) is 0 Å². The first-order valence-electron chi connectivity index (χ1n) is 7.46. The molecule has 1 unspecified atom stereocenters. The van der Waals surface area contributed by atoms with Gasteiger partial charge in [0.2, 0.25) is 0 Å². The zero-order valence-corrected chi connectivity index (χ0v) is 12.2. The van der Waals surface area contributed by atoms with Crippen molar-refractivity contribution in [2.45, 2.75) is 51.2 Å². The minimum Gasteiger partial charge on any atom is -0.382 e. The van der Waals surface area contributed by atoms with E-state index in [-0.39, 0.29) is 0 Å². The number of nitrogens with zero attached hydrogens (tertiary/aromatic N) is 2. The fourth-order valence-electron chi connectivity index (χ4n) is 2.82. The Morgan fingerprint density at radius 3 is 2.45 bits per heavy atom. The first-order chi connectivity index (χ1) is 9.66. The second kappa shape index (κ2) is 5.41. The predicted molar refractivity (Wildman–Crippen MR) is 79.7 cm³/mol. The van der Waals surface area contributed by atoms with Crippen LogP contribution in [0.2, 0.25) is 0 Å². The highest BCUT2D eigenvalue weighted by Gasteiger charge is 2.20. The molecule has 0 bridgehead atoms. The van der Waals surface area contributed by atoms with Crippen LogP contribution >= 0.6 is 0 Å². The van der Waals surface area contributed by atoms with Crippen LogP contribution in [0.3, 0.4) is 0 Å². The molecule has 1 aromatic carbocycles. The van der Waals surface area contributed by atoms with E-state index >= 15 is 0 Å². The summed E-state index contributed by atoms with van der Waals surface area (Å²) in [5.74, 6) is 0.738. The normalized spacial score (nSPS) is 17.2. The number of hydrogen-bond donors (Lipinski definition) is 1. The molecule has 3 heteroatoms. The van der Waals surface area contributed by atoms with Crippen LogP contribution in [0.4, 0.5) is 0 Å². The van der Waals surface area contributed by atoms with E-state index in [2.05, 4.69) is 43.1 Å². The van der Waals surface area contributed by atoms with Crippen LogP contribution in [0, 0.1) is 0 Å². The summed E-state index contributed by atoms with van der Waals surface area (Å²) in [7, 11) is 0. The summed E-state index contributed by atoms with van der Waals surface area (Å²) in [6.07, 6.45) is 6.90. The zero-order valence-electron chi connectivity index (χ0n) is 12.2. The van der Waals surface area contributed by atoms with Gasteiger partial charge >= 0.3 is 0 Å². The van der Waals surface area contributed by atoms with Crippen molar-refractivity contribution in [3.05, 3.63) is 53.6 Å². The van der Waals surface area contributed by atoms with Crippen molar-refractivity contribution in [1.29, 1.82) is 0 Å². The Morgan fingerprint density at radius 1 is 1.20 bits per heavy atom. The van der Waals surface area contributed by atoms with Crippen molar-refractivity contribution in [2.75, 3.05) is 0 Å². The Labute approximate surface area is 120 Å². The molecule has 0 spiro atoms. The fraction of sp³-hybridized carbons (Fsp3) is 0.471. The van der Waals surface area contributed by atoms with Crippen LogP contribution in [0.15, 0.2) is 36.8 Å². The van der Waals surface area contributed by atoms with Crippen molar-refractivity contribution in [3.63, 3.8) is 0 Å². The maximum Gasteiger partial charge on any atom is 0.121 e. The van der Waals surface area contributed by atoms with E-state index < -0.39 is 6.10 Å². The van der Waals surface area contributed by atoms with Crippen molar-refractivity contribution in [1.82, 2.24) is 9.55 Å². The third-order valence-corrected chi connectivity index (χ3v) is 4.36. The van der Waals surface area contributed by atoms with Crippen molar-refractivity contribution >= 4 is 0 Å². The van der Waals surface area contributed by atoms with Gasteiger partial charge in [-0.15, -0.1) is 0 Å². The second-order valence-corrected chi connectivity index (χ2v) is 6.02. The van der Waals surface area contributed by atoms with Gasteiger partial charge in [0.15, 0.2) is 0 Å². The molecule has 20 heavy (non-hydrogen) atoms. The Hall–Kier alpha value is -1.61. The zero-order chi connectivity index (χ0) is 14.1. The van der Waals surface area contributed by atoms with Gasteiger partial charge < -0.3 is 9.67 Å². The van der Waals surface area contributed by atoms with Gasteiger partial charge in [-0.1, -0.05) is 30.7 Å². The van der Waals surface area contributed by atoms with Crippen LogP contribution in [-0.2, 0) is 0 Å². The molecule has 2 aromatic rings. The van der Waals surface area contributed by atoms with Gasteiger partial charge in [0, 0.05) is 6.04 Å². The molecule has 0 radical (unpaired) electrons. The number of aliphatic hydroxyl groups is 1. The van der Waals surface area contributed by atoms with Crippen molar-refractivity contribution in [3.8, 4) is 0 Å². The molecular weight excluding hydrogens is 248 g/mol. The average Bonchev–Trinajstić information content (AvgIpc) is 2.86. The number of aliphatic hydroxyl groups excluding tert-OH is 1. The SMILES string of the molecule is CC(C)n1cncc1C(O)c1ccc(C2CCC2)cc1. The molecule has 0 amide bonds. The second-order valence-electron chi connectivity index (χ2n) is 6.02. The van der Waals surface area contributed by atoms with Gasteiger partial charge in [-0.25, -0.2) is 4.98 Å². The molecule has 0 aliphatic heterocycles. The number of rotatable bonds is 4. The van der Waals surface area contributed by atoms with Crippen LogP contribution < -0.4 is 0 Å². The van der Waals surface area contributed by atoms with E-state index in [1.807, 2.05) is 4.57 Å². The minimum absolute atomic E-state index is 0.302. The third-order valence-electron chi connectivity index (χ3n) is 4.36. The fourth-order valence-corrected chi connectivity index (χ4v) is 2.82. The van der Waals surface area contributed by atoms with E-state index in [1.54, 1.807) is 12.5 Å². The number of imidazole rings is 1. The molecule has 1 aromatic heterocycles. The van der Waals surface area contributed by atoms with Crippen molar-refractivity contribution < 1.29 is 5.11 Å². The molecule has 106 valence electrons. The van der Waals surface area contributed by atoms with Gasteiger partial charge in [-0.3, -0.25) is 0 Å². The molecule has 1 atom stereocenters. The molecule has 1 aliphatic rings. The van der Waals surface area contributed by atoms with E-state index in [4.69, 9.17) is 0 Å². The lowest BCUT2D eigenvalue weighted by molar-refractivity contribution is 0.208. The summed E-state index contributed by atoms with van der Waals surface area (Å²) >= 11 is 0. The Kier molecular flexibility index (Phi) is 3.62. The minimum atomic E-state index is -0.602. The quantitative estimate of drug-likeness (QED) is 0.917. The summed E-state index contributed by atoms with van der Waals surface area (Å²) in [5.41, 5.74) is 3.21. The highest BCUT2D eigenvalue weighted by Crippen LogP contribution is 2.36. The smallest absolute Gasteiger partial charge is 0.121 e. The predicted octanol–water partition coefficient (Wildman–Crippen LogP) is 3.81. The van der Waals surface area contributed by atoms with Crippen LogP contribution in [0.5, 0.6) is 0 Å². The Balaban J connectivity index is 1.82. The van der Waals surface area contributed by atoms with Crippen LogP contribution in [-0.4, -0.2) is 14.7 Å². The molecular formula is C17H22N2O. The Morgan fingerprint density at radius 2 is 1.90 bits per heavy atom. The summed E-state index contributed by atoms with van der Waals surface area (Å²) in [6, 6.07) is 8.74. The number of benzene rings is 1. The molecule has 1 heterocycles. The number of hydrogen-bond acceptors (Lipinski definition) is 2. The topological polar surface area (TPSA) is 38.0 Å². The van der Waals surface area contributed by atoms with E-state index in [0.29, 0.717) is 6.04 Å². The highest BCUT2D eigenvalue weighted by atomic mass is 16.3. The lowest BCUT2D eigenvalue weighted by Gasteiger charge is -2.26. The molecule has 1 N–H and O–H groups in total. The van der Waals surface area contributed by atoms with Gasteiger partial charge in [0.05, 0.1) is 18.2 Å². The lowest BCUT2D eigenvalue weighted by atomic mass is 9.80. The first-order valence-corrected chi connectivity index (χ1v) is 7.46. The summed E-state index contributed by atoms with van der Waals surface area (Å²) < 4.78 is 2.02.